The molecule has 0 unspecified atom stereocenters. The molecule has 0 saturated carbocycles. The molecule has 0 aliphatic carbocycles. The molecule has 2 aromatic carbocycles. The molecule has 2 heterocycles. The molecule has 1 N–H and O–H groups in total. The summed E-state index contributed by atoms with van der Waals surface area (Å²) in [6.07, 6.45) is 4.92. The van der Waals surface area contributed by atoms with Gasteiger partial charge in [-0.15, -0.1) is 10.2 Å². The van der Waals surface area contributed by atoms with Crippen LogP contribution in [0.5, 0.6) is 0 Å². The van der Waals surface area contributed by atoms with Gasteiger partial charge in [0.15, 0.2) is 0 Å². The summed E-state index contributed by atoms with van der Waals surface area (Å²) in [6, 6.07) is 17.4. The number of hydrogen-bond donors (Lipinski definition) is 1. The molecule has 0 radical (unpaired) electrons. The van der Waals surface area contributed by atoms with Gasteiger partial charge < -0.3 is 4.42 Å². The van der Waals surface area contributed by atoms with Gasteiger partial charge in [-0.05, 0) is 36.4 Å². The predicted octanol–water partition coefficient (Wildman–Crippen LogP) is 3.46. The Kier molecular flexibility index (Phi) is 3.32. The molecule has 2 aromatic heterocycles. The fourth-order valence-corrected chi connectivity index (χ4v) is 2.19. The lowest BCUT2D eigenvalue weighted by molar-refractivity contribution is 0.567. The first-order chi connectivity index (χ1) is 11.4. The monoisotopic (exact) mass is 303 g/mol. The predicted molar refractivity (Wildman–Crippen MR) is 88.8 cm³/mol. The number of hydrogen-bond acceptors (Lipinski definition) is 5. The van der Waals surface area contributed by atoms with E-state index in [0.29, 0.717) is 0 Å². The number of furan rings is 1. The topological polar surface area (TPSA) is 68.2 Å². The van der Waals surface area contributed by atoms with Gasteiger partial charge in [-0.1, -0.05) is 18.2 Å². The molecule has 0 spiro atoms. The van der Waals surface area contributed by atoms with Crippen molar-refractivity contribution in [3.8, 4) is 5.69 Å². The highest BCUT2D eigenvalue weighted by atomic mass is 16.3. The zero-order valence-corrected chi connectivity index (χ0v) is 12.1. The number of nitrogens with one attached hydrogen (secondary N) is 1. The average molecular weight is 303 g/mol. The highest BCUT2D eigenvalue weighted by Gasteiger charge is 2.05. The third-order valence-corrected chi connectivity index (χ3v) is 3.32. The fraction of sp³-hybridized carbons (Fsp3) is 0. The van der Waals surface area contributed by atoms with E-state index in [1.165, 1.54) is 0 Å². The Morgan fingerprint density at radius 3 is 2.70 bits per heavy atom. The molecule has 6 nitrogen and oxygen atoms in total. The maximum Gasteiger partial charge on any atom is 0.115 e. The summed E-state index contributed by atoms with van der Waals surface area (Å²) in [5, 5.41) is 13.1. The second-order valence-electron chi connectivity index (χ2n) is 4.96. The summed E-state index contributed by atoms with van der Waals surface area (Å²) in [5.41, 5.74) is 7.28. The summed E-state index contributed by atoms with van der Waals surface area (Å²) in [5.74, 6) is 0. The lowest BCUT2D eigenvalue weighted by Crippen LogP contribution is -1.97. The number of anilines is 1. The molecule has 4 rings (SSSR count). The van der Waals surface area contributed by atoms with Crippen LogP contribution in [0.4, 0.5) is 5.69 Å². The Hall–Kier alpha value is -3.41. The lowest BCUT2D eigenvalue weighted by atomic mass is 10.3. The molecule has 4 aromatic rings. The number of nitrogens with zero attached hydrogens (tertiary/aromatic N) is 4. The zero-order valence-electron chi connectivity index (χ0n) is 12.1. The molecular formula is C17H13N5O. The number of benzene rings is 2. The number of aromatic nitrogens is 3. The van der Waals surface area contributed by atoms with Crippen LogP contribution in [0.15, 0.2) is 76.6 Å². The fourth-order valence-electron chi connectivity index (χ4n) is 2.19. The minimum atomic E-state index is 0.803. The molecule has 112 valence electrons. The van der Waals surface area contributed by atoms with E-state index in [4.69, 9.17) is 4.42 Å². The highest BCUT2D eigenvalue weighted by molar-refractivity contribution is 5.81. The summed E-state index contributed by atoms with van der Waals surface area (Å²) in [6.45, 7) is 0. The minimum Gasteiger partial charge on any atom is -0.472 e. The quantitative estimate of drug-likeness (QED) is 0.463. The van der Waals surface area contributed by atoms with E-state index in [9.17, 15) is 0 Å². The maximum atomic E-state index is 4.98. The summed E-state index contributed by atoms with van der Waals surface area (Å²) in [4.78, 5) is 1.63. The van der Waals surface area contributed by atoms with Crippen LogP contribution in [0.3, 0.4) is 0 Å². The molecule has 0 amide bonds. The van der Waals surface area contributed by atoms with Crippen LogP contribution in [0.1, 0.15) is 5.56 Å². The smallest absolute Gasteiger partial charge is 0.115 e. The average Bonchev–Trinajstić information content (AvgIpc) is 3.24. The van der Waals surface area contributed by atoms with Crippen molar-refractivity contribution in [1.82, 2.24) is 15.0 Å². The van der Waals surface area contributed by atoms with E-state index in [1.54, 1.807) is 23.5 Å². The van der Waals surface area contributed by atoms with Crippen molar-refractivity contribution in [3.05, 3.63) is 72.7 Å². The Morgan fingerprint density at radius 1 is 1.00 bits per heavy atom. The first kappa shape index (κ1) is 13.3. The van der Waals surface area contributed by atoms with Gasteiger partial charge in [0.2, 0.25) is 0 Å². The van der Waals surface area contributed by atoms with Crippen molar-refractivity contribution >= 4 is 22.9 Å². The first-order valence-electron chi connectivity index (χ1n) is 7.12. The van der Waals surface area contributed by atoms with Crippen LogP contribution >= 0.6 is 0 Å². The zero-order chi connectivity index (χ0) is 15.5. The van der Waals surface area contributed by atoms with Crippen molar-refractivity contribution in [3.63, 3.8) is 0 Å². The van der Waals surface area contributed by atoms with Crippen molar-refractivity contribution in [2.45, 2.75) is 0 Å². The van der Waals surface area contributed by atoms with Gasteiger partial charge in [0, 0.05) is 5.56 Å². The van der Waals surface area contributed by atoms with E-state index >= 15 is 0 Å². The van der Waals surface area contributed by atoms with Crippen LogP contribution in [0, 0.1) is 0 Å². The van der Waals surface area contributed by atoms with Gasteiger partial charge in [0.05, 0.1) is 30.1 Å². The molecule has 6 heteroatoms. The molecule has 23 heavy (non-hydrogen) atoms. The summed E-state index contributed by atoms with van der Waals surface area (Å²) < 4.78 is 4.98. The Bertz CT molecular complexity index is 942. The van der Waals surface area contributed by atoms with Gasteiger partial charge in [0.25, 0.3) is 0 Å². The van der Waals surface area contributed by atoms with Gasteiger partial charge in [-0.2, -0.15) is 9.90 Å². The molecule has 0 bridgehead atoms. The SMILES string of the molecule is C(=N/Nc1ccc2nn(-c3ccccc3)nc2c1)/c1ccoc1. The summed E-state index contributed by atoms with van der Waals surface area (Å²) >= 11 is 0. The minimum absolute atomic E-state index is 0.803. The van der Waals surface area contributed by atoms with E-state index in [0.717, 1.165) is 28.0 Å². The maximum absolute atomic E-state index is 4.98. The Labute approximate surface area is 132 Å². The largest absolute Gasteiger partial charge is 0.472 e. The van der Waals surface area contributed by atoms with E-state index in [1.807, 2.05) is 54.6 Å². The van der Waals surface area contributed by atoms with Crippen LogP contribution in [-0.2, 0) is 0 Å². The third-order valence-electron chi connectivity index (χ3n) is 3.32. The van der Waals surface area contributed by atoms with E-state index in [2.05, 4.69) is 20.7 Å². The van der Waals surface area contributed by atoms with Crippen molar-refractivity contribution in [1.29, 1.82) is 0 Å². The van der Waals surface area contributed by atoms with E-state index < -0.39 is 0 Å². The highest BCUT2D eigenvalue weighted by Crippen LogP contribution is 2.17. The lowest BCUT2D eigenvalue weighted by Gasteiger charge is -1.98. The molecule has 0 aliphatic heterocycles. The second-order valence-corrected chi connectivity index (χ2v) is 4.96. The molecular weight excluding hydrogens is 290 g/mol. The van der Waals surface area contributed by atoms with Crippen LogP contribution < -0.4 is 5.43 Å². The molecule has 0 fully saturated rings. The van der Waals surface area contributed by atoms with Crippen LogP contribution in [-0.4, -0.2) is 21.2 Å². The molecule has 0 saturated heterocycles. The van der Waals surface area contributed by atoms with Gasteiger partial charge >= 0.3 is 0 Å². The molecule has 0 aliphatic rings. The third kappa shape index (κ3) is 2.82. The number of fused-ring (bicyclic) bond motifs is 1. The normalized spacial score (nSPS) is 11.3. The summed E-state index contributed by atoms with van der Waals surface area (Å²) in [7, 11) is 0. The standard InChI is InChI=1S/C17H13N5O/c1-2-4-15(5-3-1)22-20-16-7-6-14(10-17(16)21-22)19-18-11-13-8-9-23-12-13/h1-12,19H/b18-11-. The Balaban J connectivity index is 1.58. The van der Waals surface area contributed by atoms with Crippen molar-refractivity contribution in [2.24, 2.45) is 5.10 Å². The van der Waals surface area contributed by atoms with Crippen LogP contribution in [0.25, 0.3) is 16.7 Å². The number of rotatable bonds is 4. The Morgan fingerprint density at radius 2 is 1.87 bits per heavy atom. The van der Waals surface area contributed by atoms with Gasteiger partial charge in [-0.3, -0.25) is 5.43 Å². The van der Waals surface area contributed by atoms with Crippen LogP contribution in [0.2, 0.25) is 0 Å². The molecule has 0 atom stereocenters. The first-order valence-corrected chi connectivity index (χ1v) is 7.12. The van der Waals surface area contributed by atoms with Crippen molar-refractivity contribution < 1.29 is 4.42 Å². The second kappa shape index (κ2) is 5.76. The van der Waals surface area contributed by atoms with Gasteiger partial charge in [0.1, 0.15) is 11.0 Å². The van der Waals surface area contributed by atoms with Crippen molar-refractivity contribution in [2.75, 3.05) is 5.43 Å². The van der Waals surface area contributed by atoms with Gasteiger partial charge in [-0.25, -0.2) is 0 Å². The number of hydrazone groups is 1. The number of para-hydroxylation sites is 1. The van der Waals surface area contributed by atoms with E-state index in [-0.39, 0.29) is 0 Å².